The predicted molar refractivity (Wildman–Crippen MR) is 89.5 cm³/mol. The van der Waals surface area contributed by atoms with E-state index in [2.05, 4.69) is 21.2 Å². The molecule has 0 atom stereocenters. The number of rotatable bonds is 5. The highest BCUT2D eigenvalue weighted by Crippen LogP contribution is 2.21. The lowest BCUT2D eigenvalue weighted by Crippen LogP contribution is -2.20. The van der Waals surface area contributed by atoms with Gasteiger partial charge in [-0.05, 0) is 49.7 Å². The highest BCUT2D eigenvalue weighted by molar-refractivity contribution is 9.10. The minimum Gasteiger partial charge on any atom is -0.484 e. The summed E-state index contributed by atoms with van der Waals surface area (Å²) in [6, 6.07) is 12.3. The average Bonchev–Trinajstić information content (AvgIpc) is 2.49. The third-order valence-corrected chi connectivity index (χ3v) is 3.94. The third-order valence-electron chi connectivity index (χ3n) is 3.05. The molecule has 0 fully saturated rings. The van der Waals surface area contributed by atoms with Crippen molar-refractivity contribution in [2.45, 2.75) is 13.8 Å². The van der Waals surface area contributed by atoms with Gasteiger partial charge in [-0.3, -0.25) is 9.59 Å². The number of hydrogen-bond acceptors (Lipinski definition) is 3. The summed E-state index contributed by atoms with van der Waals surface area (Å²) < 4.78 is 6.44. The molecular formula is C17H16BrNO3. The third kappa shape index (κ3) is 4.43. The van der Waals surface area contributed by atoms with Crippen LogP contribution in [-0.2, 0) is 4.79 Å². The Morgan fingerprint density at radius 2 is 1.95 bits per heavy atom. The van der Waals surface area contributed by atoms with Crippen molar-refractivity contribution in [3.8, 4) is 5.75 Å². The van der Waals surface area contributed by atoms with Crippen LogP contribution < -0.4 is 10.1 Å². The van der Waals surface area contributed by atoms with E-state index in [1.54, 1.807) is 30.3 Å². The first-order valence-corrected chi connectivity index (χ1v) is 7.55. The number of benzene rings is 2. The number of amides is 1. The van der Waals surface area contributed by atoms with Crippen molar-refractivity contribution in [1.29, 1.82) is 0 Å². The highest BCUT2D eigenvalue weighted by Gasteiger charge is 2.06. The first-order valence-electron chi connectivity index (χ1n) is 6.75. The molecule has 0 heterocycles. The van der Waals surface area contributed by atoms with Crippen LogP contribution in [0, 0.1) is 6.92 Å². The van der Waals surface area contributed by atoms with Crippen LogP contribution in [0.3, 0.4) is 0 Å². The summed E-state index contributed by atoms with van der Waals surface area (Å²) in [4.78, 5) is 23.2. The number of anilines is 1. The van der Waals surface area contributed by atoms with Crippen molar-refractivity contribution in [3.05, 3.63) is 58.1 Å². The summed E-state index contributed by atoms with van der Waals surface area (Å²) >= 11 is 3.41. The molecule has 0 saturated heterocycles. The van der Waals surface area contributed by atoms with Crippen molar-refractivity contribution in [2.24, 2.45) is 0 Å². The van der Waals surface area contributed by atoms with Crippen LogP contribution in [0.2, 0.25) is 0 Å². The number of carbonyl (C=O) groups is 2. The van der Waals surface area contributed by atoms with Crippen LogP contribution in [0.5, 0.6) is 5.75 Å². The van der Waals surface area contributed by atoms with Crippen LogP contribution in [0.4, 0.5) is 5.69 Å². The molecule has 2 aromatic rings. The number of ether oxygens (including phenoxy) is 1. The molecular weight excluding hydrogens is 346 g/mol. The van der Waals surface area contributed by atoms with Gasteiger partial charge in [-0.1, -0.05) is 28.1 Å². The molecule has 22 heavy (non-hydrogen) atoms. The second kappa shape index (κ2) is 7.22. The number of carbonyl (C=O) groups excluding carboxylic acids is 2. The van der Waals surface area contributed by atoms with E-state index in [0.29, 0.717) is 17.0 Å². The van der Waals surface area contributed by atoms with Gasteiger partial charge in [0.15, 0.2) is 12.4 Å². The van der Waals surface area contributed by atoms with Gasteiger partial charge in [-0.15, -0.1) is 0 Å². The molecule has 4 nitrogen and oxygen atoms in total. The number of halogens is 1. The molecule has 0 aliphatic carbocycles. The summed E-state index contributed by atoms with van der Waals surface area (Å²) in [5.74, 6) is 0.312. The average molecular weight is 362 g/mol. The normalized spacial score (nSPS) is 10.1. The maximum atomic E-state index is 11.9. The SMILES string of the molecule is CC(=O)c1cccc(NC(=O)COc2ccc(Br)c(C)c2)c1. The highest BCUT2D eigenvalue weighted by atomic mass is 79.9. The van der Waals surface area contributed by atoms with Crippen molar-refractivity contribution in [1.82, 2.24) is 0 Å². The second-order valence-electron chi connectivity index (χ2n) is 4.88. The van der Waals surface area contributed by atoms with Gasteiger partial charge in [0.1, 0.15) is 5.75 Å². The lowest BCUT2D eigenvalue weighted by molar-refractivity contribution is -0.118. The van der Waals surface area contributed by atoms with E-state index in [4.69, 9.17) is 4.74 Å². The molecule has 1 amide bonds. The van der Waals surface area contributed by atoms with Crippen LogP contribution in [0.15, 0.2) is 46.9 Å². The minimum absolute atomic E-state index is 0.0438. The lowest BCUT2D eigenvalue weighted by Gasteiger charge is -2.09. The molecule has 0 aromatic heterocycles. The van der Waals surface area contributed by atoms with E-state index >= 15 is 0 Å². The largest absolute Gasteiger partial charge is 0.484 e. The Hall–Kier alpha value is -2.14. The molecule has 0 aliphatic rings. The Labute approximate surface area is 137 Å². The van der Waals surface area contributed by atoms with Gasteiger partial charge >= 0.3 is 0 Å². The monoisotopic (exact) mass is 361 g/mol. The van der Waals surface area contributed by atoms with Crippen LogP contribution in [0.1, 0.15) is 22.8 Å². The number of ketones is 1. The van der Waals surface area contributed by atoms with Gasteiger partial charge in [-0.25, -0.2) is 0 Å². The van der Waals surface area contributed by atoms with E-state index in [-0.39, 0.29) is 18.3 Å². The van der Waals surface area contributed by atoms with E-state index in [0.717, 1.165) is 10.0 Å². The summed E-state index contributed by atoms with van der Waals surface area (Å²) in [5, 5.41) is 2.71. The van der Waals surface area contributed by atoms with Crippen LogP contribution in [0.25, 0.3) is 0 Å². The maximum absolute atomic E-state index is 11.9. The molecule has 2 rings (SSSR count). The summed E-state index contributed by atoms with van der Waals surface area (Å²) in [6.45, 7) is 3.34. The van der Waals surface area contributed by atoms with E-state index in [1.165, 1.54) is 6.92 Å². The topological polar surface area (TPSA) is 55.4 Å². The summed E-state index contributed by atoms with van der Waals surface area (Å²) in [7, 11) is 0. The number of hydrogen-bond donors (Lipinski definition) is 1. The standard InChI is InChI=1S/C17H16BrNO3/c1-11-8-15(6-7-16(11)18)22-10-17(21)19-14-5-3-4-13(9-14)12(2)20/h3-9H,10H2,1-2H3,(H,19,21). The first-order chi connectivity index (χ1) is 10.5. The fourth-order valence-corrected chi connectivity index (χ4v) is 2.12. The van der Waals surface area contributed by atoms with Crippen molar-refractivity contribution >= 4 is 33.3 Å². The Kier molecular flexibility index (Phi) is 5.33. The van der Waals surface area contributed by atoms with Crippen molar-refractivity contribution in [3.63, 3.8) is 0 Å². The quantitative estimate of drug-likeness (QED) is 0.819. The van der Waals surface area contributed by atoms with Crippen LogP contribution in [-0.4, -0.2) is 18.3 Å². The molecule has 0 bridgehead atoms. The molecule has 1 N–H and O–H groups in total. The summed E-state index contributed by atoms with van der Waals surface area (Å²) in [6.07, 6.45) is 0. The Morgan fingerprint density at radius 1 is 1.18 bits per heavy atom. The Balaban J connectivity index is 1.94. The molecule has 0 unspecified atom stereocenters. The minimum atomic E-state index is -0.277. The number of Topliss-reactive ketones (excluding diaryl/α,β-unsaturated/α-hetero) is 1. The fourth-order valence-electron chi connectivity index (χ4n) is 1.87. The zero-order valence-corrected chi connectivity index (χ0v) is 13.9. The van der Waals surface area contributed by atoms with E-state index < -0.39 is 0 Å². The lowest BCUT2D eigenvalue weighted by atomic mass is 10.1. The fraction of sp³-hybridized carbons (Fsp3) is 0.176. The molecule has 0 aliphatic heterocycles. The molecule has 5 heteroatoms. The first kappa shape index (κ1) is 16.2. The van der Waals surface area contributed by atoms with Gasteiger partial charge in [0.05, 0.1) is 0 Å². The van der Waals surface area contributed by atoms with Gasteiger partial charge < -0.3 is 10.1 Å². The maximum Gasteiger partial charge on any atom is 0.262 e. The van der Waals surface area contributed by atoms with E-state index in [9.17, 15) is 9.59 Å². The van der Waals surface area contributed by atoms with Gasteiger partial charge in [0.2, 0.25) is 0 Å². The Bertz CT molecular complexity index is 713. The number of aryl methyl sites for hydroxylation is 1. The second-order valence-corrected chi connectivity index (χ2v) is 5.74. The molecule has 114 valence electrons. The van der Waals surface area contributed by atoms with E-state index in [1.807, 2.05) is 19.1 Å². The van der Waals surface area contributed by atoms with Crippen molar-refractivity contribution < 1.29 is 14.3 Å². The van der Waals surface area contributed by atoms with Crippen LogP contribution >= 0.6 is 15.9 Å². The summed E-state index contributed by atoms with van der Waals surface area (Å²) in [5.41, 5.74) is 2.17. The van der Waals surface area contributed by atoms with Gasteiger partial charge in [0.25, 0.3) is 5.91 Å². The predicted octanol–water partition coefficient (Wildman–Crippen LogP) is 3.98. The van der Waals surface area contributed by atoms with Crippen molar-refractivity contribution in [2.75, 3.05) is 11.9 Å². The number of nitrogens with one attached hydrogen (secondary N) is 1. The zero-order valence-electron chi connectivity index (χ0n) is 12.4. The van der Waals surface area contributed by atoms with Gasteiger partial charge in [-0.2, -0.15) is 0 Å². The molecule has 0 spiro atoms. The zero-order chi connectivity index (χ0) is 16.1. The molecule has 2 aromatic carbocycles. The Morgan fingerprint density at radius 3 is 2.64 bits per heavy atom. The molecule has 0 radical (unpaired) electrons. The smallest absolute Gasteiger partial charge is 0.262 e. The molecule has 0 saturated carbocycles. The van der Waals surface area contributed by atoms with Gasteiger partial charge in [0, 0.05) is 15.7 Å².